The summed E-state index contributed by atoms with van der Waals surface area (Å²) in [6.45, 7) is 7.76. The number of aryl methyl sites for hydroxylation is 1. The molecular weight excluding hydrogens is 387 g/mol. The highest BCUT2D eigenvalue weighted by molar-refractivity contribution is 5.92. The highest BCUT2D eigenvalue weighted by Crippen LogP contribution is 2.24. The molecule has 8 nitrogen and oxygen atoms in total. The Morgan fingerprint density at radius 3 is 2.70 bits per heavy atom. The summed E-state index contributed by atoms with van der Waals surface area (Å²) in [6, 6.07) is 7.79. The predicted octanol–water partition coefficient (Wildman–Crippen LogP) is 3.71. The van der Waals surface area contributed by atoms with Crippen LogP contribution in [-0.4, -0.2) is 30.6 Å². The summed E-state index contributed by atoms with van der Waals surface area (Å²) in [6.07, 6.45) is 1.78. The molecule has 9 heteroatoms. The van der Waals surface area contributed by atoms with Crippen molar-refractivity contribution in [1.82, 2.24) is 24.7 Å². The molecule has 1 aromatic carbocycles. The molecule has 0 radical (unpaired) electrons. The number of benzene rings is 1. The minimum absolute atomic E-state index is 0.0199. The zero-order valence-electron chi connectivity index (χ0n) is 17.1. The largest absolute Gasteiger partial charge is 0.334 e. The minimum atomic E-state index is -0.347. The summed E-state index contributed by atoms with van der Waals surface area (Å²) in [4.78, 5) is 16.9. The van der Waals surface area contributed by atoms with Gasteiger partial charge in [0.15, 0.2) is 11.5 Å². The lowest BCUT2D eigenvalue weighted by Gasteiger charge is -2.10. The molecule has 3 aromatic heterocycles. The van der Waals surface area contributed by atoms with Crippen molar-refractivity contribution in [3.05, 3.63) is 59.6 Å². The van der Waals surface area contributed by atoms with Crippen LogP contribution in [0.4, 0.5) is 10.1 Å². The molecule has 4 aromatic rings. The third-order valence-electron chi connectivity index (χ3n) is 4.61. The lowest BCUT2D eigenvalue weighted by Crippen LogP contribution is -2.17. The topological polar surface area (TPSA) is 98.2 Å². The number of halogens is 1. The maximum absolute atomic E-state index is 13.2. The molecule has 0 bridgehead atoms. The number of rotatable bonds is 4. The van der Waals surface area contributed by atoms with Gasteiger partial charge in [-0.25, -0.2) is 4.39 Å². The molecule has 0 spiro atoms. The van der Waals surface area contributed by atoms with Crippen molar-refractivity contribution < 1.29 is 13.7 Å². The molecule has 4 rings (SSSR count). The number of anilines is 1. The summed E-state index contributed by atoms with van der Waals surface area (Å²) in [7, 11) is 0. The number of pyridine rings is 1. The van der Waals surface area contributed by atoms with Gasteiger partial charge in [-0.3, -0.25) is 9.20 Å². The first kappa shape index (κ1) is 19.7. The zero-order chi connectivity index (χ0) is 21.5. The second-order valence-electron chi connectivity index (χ2n) is 8.12. The molecule has 0 aliphatic rings. The van der Waals surface area contributed by atoms with Crippen LogP contribution < -0.4 is 5.32 Å². The molecule has 0 fully saturated rings. The smallest absolute Gasteiger partial charge is 0.258 e. The van der Waals surface area contributed by atoms with Gasteiger partial charge in [0.05, 0.1) is 6.42 Å². The molecule has 1 N–H and O–H groups in total. The number of carbonyl (C=O) groups excluding carboxylic acids is 1. The Morgan fingerprint density at radius 1 is 1.20 bits per heavy atom. The van der Waals surface area contributed by atoms with Gasteiger partial charge in [0.25, 0.3) is 5.89 Å². The fourth-order valence-corrected chi connectivity index (χ4v) is 2.94. The van der Waals surface area contributed by atoms with E-state index in [0.29, 0.717) is 34.4 Å². The van der Waals surface area contributed by atoms with Crippen molar-refractivity contribution in [1.29, 1.82) is 0 Å². The van der Waals surface area contributed by atoms with Crippen LogP contribution in [0.3, 0.4) is 0 Å². The summed E-state index contributed by atoms with van der Waals surface area (Å²) >= 11 is 0. The Morgan fingerprint density at radius 2 is 2.00 bits per heavy atom. The Hall–Kier alpha value is -3.62. The number of fused-ring (bicyclic) bond motifs is 1. The highest BCUT2D eigenvalue weighted by atomic mass is 19.1. The molecule has 0 saturated heterocycles. The Balaban J connectivity index is 1.53. The van der Waals surface area contributed by atoms with Gasteiger partial charge < -0.3 is 9.84 Å². The van der Waals surface area contributed by atoms with Crippen LogP contribution in [0.25, 0.3) is 17.1 Å². The number of hydrogen-bond donors (Lipinski definition) is 1. The van der Waals surface area contributed by atoms with Crippen LogP contribution in [0, 0.1) is 12.7 Å². The summed E-state index contributed by atoms with van der Waals surface area (Å²) < 4.78 is 20.3. The van der Waals surface area contributed by atoms with Crippen molar-refractivity contribution in [2.24, 2.45) is 0 Å². The lowest BCUT2D eigenvalue weighted by atomic mass is 9.96. The number of nitrogens with one attached hydrogen (secondary N) is 1. The molecule has 3 heterocycles. The molecule has 30 heavy (non-hydrogen) atoms. The van der Waals surface area contributed by atoms with Gasteiger partial charge in [-0.15, -0.1) is 10.2 Å². The summed E-state index contributed by atoms with van der Waals surface area (Å²) in [5.41, 5.74) is 2.26. The van der Waals surface area contributed by atoms with Gasteiger partial charge in [0.2, 0.25) is 5.91 Å². The van der Waals surface area contributed by atoms with Gasteiger partial charge in [0.1, 0.15) is 11.6 Å². The molecule has 0 aliphatic carbocycles. The van der Waals surface area contributed by atoms with E-state index in [4.69, 9.17) is 4.52 Å². The molecule has 0 saturated carbocycles. The monoisotopic (exact) mass is 408 g/mol. The van der Waals surface area contributed by atoms with E-state index >= 15 is 0 Å². The van der Waals surface area contributed by atoms with Crippen LogP contribution in [0.2, 0.25) is 0 Å². The Kier molecular flexibility index (Phi) is 4.81. The number of nitrogens with zero attached hydrogens (tertiary/aromatic N) is 5. The van der Waals surface area contributed by atoms with Gasteiger partial charge in [-0.2, -0.15) is 4.98 Å². The van der Waals surface area contributed by atoms with E-state index in [-0.39, 0.29) is 23.6 Å². The minimum Gasteiger partial charge on any atom is -0.334 e. The number of aromatic nitrogens is 5. The van der Waals surface area contributed by atoms with Gasteiger partial charge in [-0.05, 0) is 42.8 Å². The van der Waals surface area contributed by atoms with Crippen molar-refractivity contribution in [2.45, 2.75) is 39.5 Å². The third-order valence-corrected chi connectivity index (χ3v) is 4.61. The number of carbonyl (C=O) groups is 1. The van der Waals surface area contributed by atoms with Crippen molar-refractivity contribution >= 4 is 17.2 Å². The molecule has 0 aliphatic heterocycles. The van der Waals surface area contributed by atoms with E-state index in [1.807, 2.05) is 26.8 Å². The van der Waals surface area contributed by atoms with E-state index in [0.717, 1.165) is 5.56 Å². The van der Waals surface area contributed by atoms with Crippen molar-refractivity contribution in [3.63, 3.8) is 0 Å². The highest BCUT2D eigenvalue weighted by Gasteiger charge is 2.22. The fraction of sp³-hybridized carbons (Fsp3) is 0.286. The second-order valence-corrected chi connectivity index (χ2v) is 8.12. The second kappa shape index (κ2) is 7.33. The van der Waals surface area contributed by atoms with Crippen LogP contribution in [0.1, 0.15) is 38.0 Å². The van der Waals surface area contributed by atoms with E-state index in [1.165, 1.54) is 18.2 Å². The first-order valence-corrected chi connectivity index (χ1v) is 9.45. The Labute approximate surface area is 172 Å². The summed E-state index contributed by atoms with van der Waals surface area (Å²) in [5.74, 6) is 0.883. The molecule has 0 atom stereocenters. The normalized spacial score (nSPS) is 11.8. The first-order valence-electron chi connectivity index (χ1n) is 9.45. The number of hydrogen-bond acceptors (Lipinski definition) is 6. The average Bonchev–Trinajstić information content (AvgIpc) is 3.31. The van der Waals surface area contributed by atoms with E-state index in [2.05, 4.69) is 25.7 Å². The zero-order valence-corrected chi connectivity index (χ0v) is 17.1. The average molecular weight is 408 g/mol. The van der Waals surface area contributed by atoms with Gasteiger partial charge >= 0.3 is 0 Å². The van der Waals surface area contributed by atoms with E-state index in [9.17, 15) is 9.18 Å². The van der Waals surface area contributed by atoms with E-state index < -0.39 is 0 Å². The van der Waals surface area contributed by atoms with Crippen LogP contribution >= 0.6 is 0 Å². The number of amides is 1. The first-order chi connectivity index (χ1) is 14.2. The van der Waals surface area contributed by atoms with Crippen molar-refractivity contribution in [3.8, 4) is 11.5 Å². The maximum Gasteiger partial charge on any atom is 0.258 e. The van der Waals surface area contributed by atoms with Gasteiger partial charge in [0, 0.05) is 22.9 Å². The van der Waals surface area contributed by atoms with Crippen LogP contribution in [-0.2, 0) is 16.6 Å². The maximum atomic E-state index is 13.2. The Bertz CT molecular complexity index is 1240. The SMILES string of the molecule is Cc1cc(F)ccc1NC(=O)Cc1nnc2cc(-c3nc(C(C)(C)C)no3)ccn12. The molecular formula is C21H21FN6O2. The van der Waals surface area contributed by atoms with Crippen LogP contribution in [0.5, 0.6) is 0 Å². The standard InChI is InChI=1S/C21H21FN6O2/c1-12-9-14(22)5-6-15(12)23-18(29)11-17-26-25-16-10-13(7-8-28(16)17)19-24-20(27-30-19)21(2,3)4/h5-10H,11H2,1-4H3,(H,23,29). The van der Waals surface area contributed by atoms with Gasteiger partial charge in [-0.1, -0.05) is 25.9 Å². The molecule has 154 valence electrons. The lowest BCUT2D eigenvalue weighted by molar-refractivity contribution is -0.115. The molecule has 1 amide bonds. The van der Waals surface area contributed by atoms with Crippen molar-refractivity contribution in [2.75, 3.05) is 5.32 Å². The summed E-state index contributed by atoms with van der Waals surface area (Å²) in [5, 5.41) is 15.1. The fourth-order valence-electron chi connectivity index (χ4n) is 2.94. The third kappa shape index (κ3) is 3.91. The quantitative estimate of drug-likeness (QED) is 0.553. The van der Waals surface area contributed by atoms with E-state index in [1.54, 1.807) is 23.6 Å². The molecule has 0 unspecified atom stereocenters. The van der Waals surface area contributed by atoms with Crippen LogP contribution in [0.15, 0.2) is 41.1 Å². The predicted molar refractivity (Wildman–Crippen MR) is 108 cm³/mol.